The summed E-state index contributed by atoms with van der Waals surface area (Å²) < 4.78 is 26.8. The van der Waals surface area contributed by atoms with Crippen LogP contribution in [0.5, 0.6) is 0 Å². The SMILES string of the molecule is O=[PH](O)OC=Cc1ccc(F)cc1. The van der Waals surface area contributed by atoms with Gasteiger partial charge < -0.3 is 9.42 Å². The van der Waals surface area contributed by atoms with Gasteiger partial charge in [0.05, 0.1) is 6.26 Å². The number of halogens is 1. The van der Waals surface area contributed by atoms with E-state index in [2.05, 4.69) is 4.52 Å². The minimum Gasteiger partial charge on any atom is -0.434 e. The van der Waals surface area contributed by atoms with Crippen molar-refractivity contribution in [3.8, 4) is 0 Å². The summed E-state index contributed by atoms with van der Waals surface area (Å²) in [6, 6.07) is 5.65. The molecule has 13 heavy (non-hydrogen) atoms. The molecule has 0 saturated carbocycles. The Balaban J connectivity index is 2.59. The summed E-state index contributed by atoms with van der Waals surface area (Å²) in [5.74, 6) is -0.325. The lowest BCUT2D eigenvalue weighted by molar-refractivity contribution is 0.379. The summed E-state index contributed by atoms with van der Waals surface area (Å²) >= 11 is 0. The van der Waals surface area contributed by atoms with E-state index in [0.29, 0.717) is 5.56 Å². The Kier molecular flexibility index (Phi) is 3.68. The fourth-order valence-corrected chi connectivity index (χ4v) is 0.929. The van der Waals surface area contributed by atoms with Gasteiger partial charge in [0.1, 0.15) is 5.82 Å². The van der Waals surface area contributed by atoms with Gasteiger partial charge in [-0.05, 0) is 23.8 Å². The second-order valence-electron chi connectivity index (χ2n) is 2.24. The predicted octanol–water partition coefficient (Wildman–Crippen LogP) is 2.19. The standard InChI is InChI=1S/C8H8FO3P/c9-8-3-1-7(2-4-8)5-6-12-13(10)11/h1-6,13H,(H,10,11). The second kappa shape index (κ2) is 4.80. The van der Waals surface area contributed by atoms with Crippen LogP contribution in [0.1, 0.15) is 5.56 Å². The van der Waals surface area contributed by atoms with E-state index in [0.717, 1.165) is 6.26 Å². The molecule has 1 aromatic carbocycles. The lowest BCUT2D eigenvalue weighted by Crippen LogP contribution is -1.74. The normalized spacial score (nSPS) is 13.1. The average molecular weight is 202 g/mol. The summed E-state index contributed by atoms with van der Waals surface area (Å²) in [4.78, 5) is 8.29. The first-order valence-corrected chi connectivity index (χ1v) is 4.76. The molecular formula is C8H8FO3P. The molecule has 0 fully saturated rings. The molecule has 0 aliphatic heterocycles. The Hall–Kier alpha value is -1.12. The highest BCUT2D eigenvalue weighted by Crippen LogP contribution is 2.15. The van der Waals surface area contributed by atoms with Gasteiger partial charge >= 0.3 is 8.25 Å². The molecule has 0 saturated heterocycles. The van der Waals surface area contributed by atoms with Crippen molar-refractivity contribution in [2.75, 3.05) is 0 Å². The van der Waals surface area contributed by atoms with Crippen LogP contribution in [0.4, 0.5) is 4.39 Å². The second-order valence-corrected chi connectivity index (χ2v) is 3.01. The van der Waals surface area contributed by atoms with E-state index in [9.17, 15) is 8.96 Å². The molecule has 1 unspecified atom stereocenters. The fraction of sp³-hybridized carbons (Fsp3) is 0. The maximum absolute atomic E-state index is 12.4. The summed E-state index contributed by atoms with van der Waals surface area (Å²) in [5, 5.41) is 0. The molecular weight excluding hydrogens is 194 g/mol. The van der Waals surface area contributed by atoms with Gasteiger partial charge in [-0.15, -0.1) is 0 Å². The van der Waals surface area contributed by atoms with E-state index in [1.807, 2.05) is 0 Å². The molecule has 0 heterocycles. The summed E-state index contributed by atoms with van der Waals surface area (Å²) in [6.07, 6.45) is 2.58. The van der Waals surface area contributed by atoms with Crippen LogP contribution in [-0.4, -0.2) is 4.89 Å². The van der Waals surface area contributed by atoms with Crippen molar-refractivity contribution in [1.82, 2.24) is 0 Å². The van der Waals surface area contributed by atoms with E-state index in [1.54, 1.807) is 0 Å². The molecule has 3 nitrogen and oxygen atoms in total. The highest BCUT2D eigenvalue weighted by Gasteiger charge is 1.89. The first kappa shape index (κ1) is 9.96. The molecule has 0 aliphatic carbocycles. The van der Waals surface area contributed by atoms with Gasteiger partial charge in [-0.2, -0.15) is 0 Å². The van der Waals surface area contributed by atoms with Gasteiger partial charge in [-0.3, -0.25) is 0 Å². The molecule has 5 heteroatoms. The zero-order chi connectivity index (χ0) is 9.68. The van der Waals surface area contributed by atoms with Crippen LogP contribution in [0.15, 0.2) is 30.5 Å². The van der Waals surface area contributed by atoms with Crippen LogP contribution in [-0.2, 0) is 9.09 Å². The predicted molar refractivity (Wildman–Crippen MR) is 47.7 cm³/mol. The molecule has 0 amide bonds. The van der Waals surface area contributed by atoms with Gasteiger partial charge in [-0.1, -0.05) is 12.1 Å². The molecule has 1 atom stereocenters. The quantitative estimate of drug-likeness (QED) is 0.603. The maximum Gasteiger partial charge on any atom is 0.364 e. The Labute approximate surface area is 75.4 Å². The molecule has 70 valence electrons. The van der Waals surface area contributed by atoms with Crippen LogP contribution in [0.25, 0.3) is 6.08 Å². The Bertz CT molecular complexity index is 321. The molecule has 0 bridgehead atoms. The minimum atomic E-state index is -2.92. The van der Waals surface area contributed by atoms with Crippen LogP contribution >= 0.6 is 8.25 Å². The van der Waals surface area contributed by atoms with E-state index in [1.165, 1.54) is 30.3 Å². The van der Waals surface area contributed by atoms with Crippen molar-refractivity contribution in [1.29, 1.82) is 0 Å². The third-order valence-corrected chi connectivity index (χ3v) is 1.64. The number of hydrogen-bond donors (Lipinski definition) is 1. The lowest BCUT2D eigenvalue weighted by atomic mass is 10.2. The highest BCUT2D eigenvalue weighted by molar-refractivity contribution is 7.32. The maximum atomic E-state index is 12.4. The molecule has 0 aromatic heterocycles. The van der Waals surface area contributed by atoms with Gasteiger partial charge in [0.15, 0.2) is 0 Å². The van der Waals surface area contributed by atoms with E-state index in [-0.39, 0.29) is 5.82 Å². The van der Waals surface area contributed by atoms with Gasteiger partial charge in [0.2, 0.25) is 0 Å². The molecule has 0 aliphatic rings. The van der Waals surface area contributed by atoms with Gasteiger partial charge in [0.25, 0.3) is 0 Å². The first-order chi connectivity index (χ1) is 6.18. The summed E-state index contributed by atoms with van der Waals surface area (Å²) in [5.41, 5.74) is 0.699. The van der Waals surface area contributed by atoms with Crippen LogP contribution in [0, 0.1) is 5.82 Å². The third kappa shape index (κ3) is 3.87. The fourth-order valence-electron chi connectivity index (χ4n) is 0.745. The van der Waals surface area contributed by atoms with E-state index in [4.69, 9.17) is 4.89 Å². The molecule has 0 radical (unpaired) electrons. The van der Waals surface area contributed by atoms with Crippen molar-refractivity contribution in [2.24, 2.45) is 0 Å². The molecule has 0 spiro atoms. The monoisotopic (exact) mass is 202 g/mol. The molecule has 1 aromatic rings. The van der Waals surface area contributed by atoms with Crippen LogP contribution in [0.2, 0.25) is 0 Å². The van der Waals surface area contributed by atoms with Crippen LogP contribution < -0.4 is 0 Å². The van der Waals surface area contributed by atoms with Crippen LogP contribution in [0.3, 0.4) is 0 Å². The zero-order valence-electron chi connectivity index (χ0n) is 6.61. The largest absolute Gasteiger partial charge is 0.434 e. The van der Waals surface area contributed by atoms with Crippen molar-refractivity contribution in [3.63, 3.8) is 0 Å². The highest BCUT2D eigenvalue weighted by atomic mass is 31.1. The third-order valence-electron chi connectivity index (χ3n) is 1.30. The Morgan fingerprint density at radius 3 is 2.54 bits per heavy atom. The number of hydrogen-bond acceptors (Lipinski definition) is 2. The lowest BCUT2D eigenvalue weighted by Gasteiger charge is -1.93. The topological polar surface area (TPSA) is 46.5 Å². The average Bonchev–Trinajstić information content (AvgIpc) is 2.08. The summed E-state index contributed by atoms with van der Waals surface area (Å²) in [7, 11) is -2.92. The summed E-state index contributed by atoms with van der Waals surface area (Å²) in [6.45, 7) is 0. The van der Waals surface area contributed by atoms with E-state index < -0.39 is 8.25 Å². The zero-order valence-corrected chi connectivity index (χ0v) is 7.61. The first-order valence-electron chi connectivity index (χ1n) is 3.50. The number of benzene rings is 1. The van der Waals surface area contributed by atoms with Crippen molar-refractivity contribution < 1.29 is 18.4 Å². The van der Waals surface area contributed by atoms with E-state index >= 15 is 0 Å². The molecule has 1 N–H and O–H groups in total. The number of rotatable bonds is 3. The van der Waals surface area contributed by atoms with Gasteiger partial charge in [-0.25, -0.2) is 8.96 Å². The van der Waals surface area contributed by atoms with Gasteiger partial charge in [0, 0.05) is 0 Å². The van der Waals surface area contributed by atoms with Crippen molar-refractivity contribution >= 4 is 14.3 Å². The van der Waals surface area contributed by atoms with Crippen molar-refractivity contribution in [3.05, 3.63) is 41.9 Å². The minimum absolute atomic E-state index is 0.325. The smallest absolute Gasteiger partial charge is 0.364 e. The Morgan fingerprint density at radius 2 is 2.00 bits per heavy atom. The molecule has 1 rings (SSSR count). The van der Waals surface area contributed by atoms with Crippen molar-refractivity contribution in [2.45, 2.75) is 0 Å². The Morgan fingerprint density at radius 1 is 1.38 bits per heavy atom.